The molecule has 3 atom stereocenters. The van der Waals surface area contributed by atoms with Gasteiger partial charge in [-0.2, -0.15) is 0 Å². The summed E-state index contributed by atoms with van der Waals surface area (Å²) in [6.45, 7) is 17.5. The Labute approximate surface area is 236 Å². The molecule has 0 heterocycles. The topological polar surface area (TPSA) is 87.7 Å². The highest BCUT2D eigenvalue weighted by Gasteiger charge is 2.40. The van der Waals surface area contributed by atoms with Gasteiger partial charge in [0, 0.05) is 12.1 Å². The molecule has 1 fully saturated rings. The van der Waals surface area contributed by atoms with Crippen molar-refractivity contribution in [1.29, 1.82) is 0 Å². The molecule has 3 unspecified atom stereocenters. The molecular weight excluding hydrogens is 490 g/mol. The summed E-state index contributed by atoms with van der Waals surface area (Å²) in [5, 5.41) is 6.13. The predicted octanol–water partition coefficient (Wildman–Crippen LogP) is 6.69. The predicted molar refractivity (Wildman–Crippen MR) is 157 cm³/mol. The standard InChI is InChI=1S/C32H53N3O4/c1-21(2)19-20-24(6)35(30(37)27(22(3)4)34-31(38)39-32(7,8)9)28(26-18-14-13-15-23(26)5)29(36)33-25-16-11-10-12-17-25/h13-15,18,21-22,24-25,27-28H,10-12,16-17,19-20H2,1-9H3,(H,33,36)(H,34,38). The Balaban J connectivity index is 2.55. The maximum Gasteiger partial charge on any atom is 0.408 e. The van der Waals surface area contributed by atoms with Crippen LogP contribution in [0.15, 0.2) is 24.3 Å². The Hall–Kier alpha value is -2.57. The van der Waals surface area contributed by atoms with E-state index in [1.807, 2.05) is 52.0 Å². The minimum Gasteiger partial charge on any atom is -0.444 e. The van der Waals surface area contributed by atoms with Gasteiger partial charge in [0.2, 0.25) is 11.8 Å². The summed E-state index contributed by atoms with van der Waals surface area (Å²) in [6, 6.07) is 6.05. The summed E-state index contributed by atoms with van der Waals surface area (Å²) in [6.07, 6.45) is 6.34. The molecule has 0 radical (unpaired) electrons. The third kappa shape index (κ3) is 10.2. The van der Waals surface area contributed by atoms with Crippen molar-refractivity contribution in [3.05, 3.63) is 35.4 Å². The zero-order valence-electron chi connectivity index (χ0n) is 25.8. The van der Waals surface area contributed by atoms with E-state index in [4.69, 9.17) is 4.74 Å². The molecule has 1 aliphatic rings. The molecule has 0 bridgehead atoms. The summed E-state index contributed by atoms with van der Waals surface area (Å²) < 4.78 is 5.50. The van der Waals surface area contributed by atoms with E-state index in [0.29, 0.717) is 5.92 Å². The van der Waals surface area contributed by atoms with Crippen molar-refractivity contribution in [1.82, 2.24) is 15.5 Å². The number of nitrogens with zero attached hydrogens (tertiary/aromatic N) is 1. The SMILES string of the molecule is Cc1ccccc1C(C(=O)NC1CCCCC1)N(C(=O)C(NC(=O)OC(C)(C)C)C(C)C)C(C)CCC(C)C. The van der Waals surface area contributed by atoms with Gasteiger partial charge in [-0.25, -0.2) is 4.79 Å². The van der Waals surface area contributed by atoms with E-state index >= 15 is 0 Å². The van der Waals surface area contributed by atoms with Crippen molar-refractivity contribution >= 4 is 17.9 Å². The molecule has 7 nitrogen and oxygen atoms in total. The second-order valence-electron chi connectivity index (χ2n) is 13.0. The average Bonchev–Trinajstić information content (AvgIpc) is 2.84. The van der Waals surface area contributed by atoms with Crippen LogP contribution in [0.25, 0.3) is 0 Å². The zero-order chi connectivity index (χ0) is 29.3. The maximum absolute atomic E-state index is 14.5. The molecule has 1 saturated carbocycles. The molecule has 7 heteroatoms. The molecule has 2 N–H and O–H groups in total. The van der Waals surface area contributed by atoms with E-state index in [-0.39, 0.29) is 29.8 Å². The van der Waals surface area contributed by atoms with Gasteiger partial charge in [-0.1, -0.05) is 71.2 Å². The van der Waals surface area contributed by atoms with Crippen LogP contribution >= 0.6 is 0 Å². The first kappa shape index (κ1) is 32.6. The number of rotatable bonds is 11. The lowest BCUT2D eigenvalue weighted by atomic mass is 9.91. The van der Waals surface area contributed by atoms with Crippen molar-refractivity contribution in [3.63, 3.8) is 0 Å². The summed E-state index contributed by atoms with van der Waals surface area (Å²) in [4.78, 5) is 43.1. The van der Waals surface area contributed by atoms with Crippen LogP contribution in [0.3, 0.4) is 0 Å². The molecular formula is C32H53N3O4. The van der Waals surface area contributed by atoms with Gasteiger partial charge in [-0.05, 0) is 83.3 Å². The first-order valence-electron chi connectivity index (χ1n) is 14.9. The molecule has 0 saturated heterocycles. The lowest BCUT2D eigenvalue weighted by Crippen LogP contribution is -2.57. The highest BCUT2D eigenvalue weighted by Crippen LogP contribution is 2.31. The second-order valence-corrected chi connectivity index (χ2v) is 13.0. The molecule has 220 valence electrons. The number of amides is 3. The third-order valence-electron chi connectivity index (χ3n) is 7.46. The number of ether oxygens (including phenoxy) is 1. The van der Waals surface area contributed by atoms with Crippen LogP contribution in [0, 0.1) is 18.8 Å². The summed E-state index contributed by atoms with van der Waals surface area (Å²) in [5.41, 5.74) is 1.08. The first-order chi connectivity index (χ1) is 18.2. The van der Waals surface area contributed by atoms with Gasteiger partial charge in [0.05, 0.1) is 0 Å². The minimum absolute atomic E-state index is 0.112. The molecule has 1 aromatic carbocycles. The average molecular weight is 544 g/mol. The highest BCUT2D eigenvalue weighted by atomic mass is 16.6. The maximum atomic E-state index is 14.5. The van der Waals surface area contributed by atoms with E-state index in [1.165, 1.54) is 6.42 Å². The lowest BCUT2D eigenvalue weighted by molar-refractivity contribution is -0.146. The molecule has 0 aromatic heterocycles. The van der Waals surface area contributed by atoms with Crippen molar-refractivity contribution in [2.24, 2.45) is 11.8 Å². The lowest BCUT2D eigenvalue weighted by Gasteiger charge is -2.40. The number of hydrogen-bond donors (Lipinski definition) is 2. The van der Waals surface area contributed by atoms with E-state index in [0.717, 1.165) is 49.7 Å². The smallest absolute Gasteiger partial charge is 0.408 e. The molecule has 0 aliphatic heterocycles. The van der Waals surface area contributed by atoms with Crippen LogP contribution in [0.2, 0.25) is 0 Å². The summed E-state index contributed by atoms with van der Waals surface area (Å²) >= 11 is 0. The number of alkyl carbamates (subject to hydrolysis) is 1. The number of carbonyl (C=O) groups is 3. The van der Waals surface area contributed by atoms with Crippen LogP contribution in [0.5, 0.6) is 0 Å². The molecule has 1 aliphatic carbocycles. The fourth-order valence-electron chi connectivity index (χ4n) is 5.26. The minimum atomic E-state index is -0.838. The van der Waals surface area contributed by atoms with E-state index in [2.05, 4.69) is 24.5 Å². The van der Waals surface area contributed by atoms with Gasteiger partial charge >= 0.3 is 6.09 Å². The zero-order valence-corrected chi connectivity index (χ0v) is 25.8. The van der Waals surface area contributed by atoms with Crippen LogP contribution < -0.4 is 10.6 Å². The van der Waals surface area contributed by atoms with Crippen molar-refractivity contribution in [2.45, 2.75) is 137 Å². The Bertz CT molecular complexity index is 947. The Morgan fingerprint density at radius 3 is 2.13 bits per heavy atom. The molecule has 2 rings (SSSR count). The Morgan fingerprint density at radius 2 is 1.59 bits per heavy atom. The van der Waals surface area contributed by atoms with Gasteiger partial charge in [0.1, 0.15) is 17.7 Å². The normalized spacial score (nSPS) is 16.9. The van der Waals surface area contributed by atoms with Gasteiger partial charge < -0.3 is 20.3 Å². The van der Waals surface area contributed by atoms with Gasteiger partial charge in [-0.15, -0.1) is 0 Å². The first-order valence-corrected chi connectivity index (χ1v) is 14.9. The van der Waals surface area contributed by atoms with Gasteiger partial charge in [0.15, 0.2) is 0 Å². The Kier molecular flexibility index (Phi) is 12.3. The highest BCUT2D eigenvalue weighted by molar-refractivity contribution is 5.92. The van der Waals surface area contributed by atoms with E-state index in [1.54, 1.807) is 25.7 Å². The summed E-state index contributed by atoms with van der Waals surface area (Å²) in [7, 11) is 0. The van der Waals surface area contributed by atoms with Crippen LogP contribution in [-0.4, -0.2) is 46.5 Å². The van der Waals surface area contributed by atoms with Gasteiger partial charge in [0.25, 0.3) is 0 Å². The van der Waals surface area contributed by atoms with Crippen molar-refractivity contribution < 1.29 is 19.1 Å². The second kappa shape index (κ2) is 14.7. The van der Waals surface area contributed by atoms with E-state index < -0.39 is 23.8 Å². The number of carbonyl (C=O) groups excluding carboxylic acids is 3. The number of aryl methyl sites for hydroxylation is 1. The van der Waals surface area contributed by atoms with Crippen molar-refractivity contribution in [2.75, 3.05) is 0 Å². The van der Waals surface area contributed by atoms with Crippen molar-refractivity contribution in [3.8, 4) is 0 Å². The number of hydrogen-bond acceptors (Lipinski definition) is 4. The molecule has 39 heavy (non-hydrogen) atoms. The van der Waals surface area contributed by atoms with E-state index in [9.17, 15) is 14.4 Å². The summed E-state index contributed by atoms with van der Waals surface area (Å²) in [5.74, 6) is -0.165. The molecule has 1 aromatic rings. The number of benzene rings is 1. The molecule has 0 spiro atoms. The van der Waals surface area contributed by atoms with Gasteiger partial charge in [-0.3, -0.25) is 9.59 Å². The number of nitrogens with one attached hydrogen (secondary N) is 2. The monoisotopic (exact) mass is 543 g/mol. The fraction of sp³-hybridized carbons (Fsp3) is 0.719. The van der Waals surface area contributed by atoms with Crippen LogP contribution in [0.1, 0.15) is 118 Å². The third-order valence-corrected chi connectivity index (χ3v) is 7.46. The fourth-order valence-corrected chi connectivity index (χ4v) is 5.26. The van der Waals surface area contributed by atoms with Crippen LogP contribution in [-0.2, 0) is 14.3 Å². The largest absolute Gasteiger partial charge is 0.444 e. The Morgan fingerprint density at radius 1 is 0.974 bits per heavy atom. The molecule has 3 amide bonds. The quantitative estimate of drug-likeness (QED) is 0.326. The van der Waals surface area contributed by atoms with Crippen LogP contribution in [0.4, 0.5) is 4.79 Å².